The highest BCUT2D eigenvalue weighted by atomic mass is 79.9. The maximum Gasteiger partial charge on any atom is 0.240 e. The summed E-state index contributed by atoms with van der Waals surface area (Å²) in [6, 6.07) is 2.44. The molecule has 1 saturated carbocycles. The normalized spacial score (nSPS) is 23.7. The van der Waals surface area contributed by atoms with Crippen LogP contribution in [-0.4, -0.2) is 19.8 Å². The van der Waals surface area contributed by atoms with Crippen molar-refractivity contribution < 1.29 is 17.2 Å². The molecule has 1 aliphatic rings. The molecular weight excluding hydrogens is 340 g/mol. The Balaban J connectivity index is 2.20. The molecule has 0 heterocycles. The van der Waals surface area contributed by atoms with Crippen LogP contribution >= 0.6 is 15.9 Å². The lowest BCUT2D eigenvalue weighted by atomic mass is 10.1. The summed E-state index contributed by atoms with van der Waals surface area (Å²) < 4.78 is 52.7. The number of rotatable bonds is 4. The lowest BCUT2D eigenvalue weighted by Gasteiger charge is -2.19. The molecule has 0 radical (unpaired) electrons. The zero-order chi connectivity index (χ0) is 14.0. The molecule has 0 aromatic heterocycles. The van der Waals surface area contributed by atoms with E-state index < -0.39 is 21.7 Å². The van der Waals surface area contributed by atoms with Crippen molar-refractivity contribution in [3.63, 3.8) is 0 Å². The van der Waals surface area contributed by atoms with Gasteiger partial charge in [-0.15, -0.1) is 0 Å². The Morgan fingerprint density at radius 2 is 2.00 bits per heavy atom. The third kappa shape index (κ3) is 3.32. The van der Waals surface area contributed by atoms with Gasteiger partial charge in [-0.1, -0.05) is 22.4 Å². The fourth-order valence-electron chi connectivity index (χ4n) is 2.29. The summed E-state index contributed by atoms with van der Waals surface area (Å²) >= 11 is 3.36. The molecule has 1 fully saturated rings. The maximum atomic E-state index is 13.1. The van der Waals surface area contributed by atoms with Crippen molar-refractivity contribution in [1.29, 1.82) is 0 Å². The second kappa shape index (κ2) is 5.85. The highest BCUT2D eigenvalue weighted by Gasteiger charge is 2.30. The number of alkyl halides is 1. The Kier molecular flexibility index (Phi) is 4.58. The number of hydrogen-bond donors (Lipinski definition) is 1. The van der Waals surface area contributed by atoms with Crippen LogP contribution in [0.4, 0.5) is 8.78 Å². The monoisotopic (exact) mass is 353 g/mol. The van der Waals surface area contributed by atoms with Gasteiger partial charge in [-0.05, 0) is 37.0 Å². The molecule has 3 nitrogen and oxygen atoms in total. The molecule has 0 amide bonds. The highest BCUT2D eigenvalue weighted by Crippen LogP contribution is 2.28. The Morgan fingerprint density at radius 3 is 2.63 bits per heavy atom. The van der Waals surface area contributed by atoms with Crippen molar-refractivity contribution in [2.75, 3.05) is 5.33 Å². The molecule has 2 unspecified atom stereocenters. The zero-order valence-electron chi connectivity index (χ0n) is 10.1. The molecule has 0 aliphatic heterocycles. The molecule has 2 rings (SSSR count). The second-order valence-electron chi connectivity index (χ2n) is 4.65. The van der Waals surface area contributed by atoms with Gasteiger partial charge in [0.25, 0.3) is 0 Å². The minimum absolute atomic E-state index is 0.155. The van der Waals surface area contributed by atoms with Gasteiger partial charge >= 0.3 is 0 Å². The van der Waals surface area contributed by atoms with Gasteiger partial charge in [-0.25, -0.2) is 21.9 Å². The molecule has 7 heteroatoms. The minimum atomic E-state index is -3.80. The van der Waals surface area contributed by atoms with Crippen LogP contribution in [0.15, 0.2) is 23.1 Å². The van der Waals surface area contributed by atoms with Crippen molar-refractivity contribution in [3.05, 3.63) is 29.8 Å². The largest absolute Gasteiger partial charge is 0.240 e. The molecule has 0 saturated heterocycles. The van der Waals surface area contributed by atoms with E-state index in [-0.39, 0.29) is 16.9 Å². The average molecular weight is 354 g/mol. The number of benzene rings is 1. The quantitative estimate of drug-likeness (QED) is 0.846. The van der Waals surface area contributed by atoms with Crippen molar-refractivity contribution >= 4 is 26.0 Å². The first-order valence-electron chi connectivity index (χ1n) is 5.97. The van der Waals surface area contributed by atoms with E-state index in [2.05, 4.69) is 20.7 Å². The standard InChI is InChI=1S/C12H14BrF2NO2S/c13-7-8-2-1-3-12(8)16-19(17,18)9-4-5-10(14)11(15)6-9/h4-6,8,12,16H,1-3,7H2. The van der Waals surface area contributed by atoms with E-state index in [9.17, 15) is 17.2 Å². The number of halogens is 3. The minimum Gasteiger partial charge on any atom is -0.208 e. The molecular formula is C12H14BrF2NO2S. The predicted octanol–water partition coefficient (Wildman–Crippen LogP) is 2.81. The Labute approximate surface area is 119 Å². The zero-order valence-corrected chi connectivity index (χ0v) is 12.5. The summed E-state index contributed by atoms with van der Waals surface area (Å²) in [6.45, 7) is 0. The van der Waals surface area contributed by atoms with Crippen molar-refractivity contribution in [1.82, 2.24) is 4.72 Å². The lowest BCUT2D eigenvalue weighted by Crippen LogP contribution is -2.37. The van der Waals surface area contributed by atoms with Crippen LogP contribution in [0.5, 0.6) is 0 Å². The number of sulfonamides is 1. The first-order valence-corrected chi connectivity index (χ1v) is 8.58. The average Bonchev–Trinajstić information content (AvgIpc) is 2.79. The second-order valence-corrected chi connectivity index (χ2v) is 7.01. The summed E-state index contributed by atoms with van der Waals surface area (Å²) in [5, 5.41) is 0.720. The summed E-state index contributed by atoms with van der Waals surface area (Å²) in [5.41, 5.74) is 0. The van der Waals surface area contributed by atoms with Crippen LogP contribution in [0.3, 0.4) is 0 Å². The molecule has 19 heavy (non-hydrogen) atoms. The summed E-state index contributed by atoms with van der Waals surface area (Å²) in [4.78, 5) is -0.244. The van der Waals surface area contributed by atoms with Crippen LogP contribution in [0, 0.1) is 17.6 Å². The molecule has 1 aromatic carbocycles. The molecule has 1 aliphatic carbocycles. The molecule has 106 valence electrons. The van der Waals surface area contributed by atoms with Crippen molar-refractivity contribution in [2.45, 2.75) is 30.2 Å². The van der Waals surface area contributed by atoms with Crippen molar-refractivity contribution in [3.8, 4) is 0 Å². The van der Waals surface area contributed by atoms with Crippen LogP contribution in [0.25, 0.3) is 0 Å². The molecule has 1 N–H and O–H groups in total. The fraction of sp³-hybridized carbons (Fsp3) is 0.500. The van der Waals surface area contributed by atoms with Gasteiger partial charge < -0.3 is 0 Å². The summed E-state index contributed by atoms with van der Waals surface area (Å²) in [5.74, 6) is -1.98. The van der Waals surface area contributed by atoms with Gasteiger partial charge in [0.1, 0.15) is 0 Å². The van der Waals surface area contributed by atoms with E-state index in [0.29, 0.717) is 6.07 Å². The Bertz CT molecular complexity index is 565. The van der Waals surface area contributed by atoms with Crippen LogP contribution in [0.2, 0.25) is 0 Å². The van der Waals surface area contributed by atoms with E-state index >= 15 is 0 Å². The third-order valence-electron chi connectivity index (χ3n) is 3.37. The van der Waals surface area contributed by atoms with E-state index in [1.165, 1.54) is 0 Å². The first-order chi connectivity index (χ1) is 8.94. The van der Waals surface area contributed by atoms with Crippen LogP contribution < -0.4 is 4.72 Å². The van der Waals surface area contributed by atoms with Gasteiger partial charge in [0, 0.05) is 11.4 Å². The predicted molar refractivity (Wildman–Crippen MR) is 71.6 cm³/mol. The van der Waals surface area contributed by atoms with Gasteiger partial charge in [0.2, 0.25) is 10.0 Å². The first kappa shape index (κ1) is 14.9. The molecule has 0 bridgehead atoms. The summed E-state index contributed by atoms with van der Waals surface area (Å²) in [7, 11) is -3.80. The summed E-state index contributed by atoms with van der Waals surface area (Å²) in [6.07, 6.45) is 2.68. The smallest absolute Gasteiger partial charge is 0.208 e. The van der Waals surface area contributed by atoms with Gasteiger partial charge in [0.15, 0.2) is 11.6 Å². The topological polar surface area (TPSA) is 46.2 Å². The van der Waals surface area contributed by atoms with Gasteiger partial charge in [-0.2, -0.15) is 0 Å². The van der Waals surface area contributed by atoms with Gasteiger partial charge in [0.05, 0.1) is 4.90 Å². The SMILES string of the molecule is O=S(=O)(NC1CCCC1CBr)c1ccc(F)c(F)c1. The Morgan fingerprint density at radius 1 is 1.26 bits per heavy atom. The molecule has 0 spiro atoms. The Hall–Kier alpha value is -0.530. The van der Waals surface area contributed by atoms with Crippen molar-refractivity contribution in [2.24, 2.45) is 5.92 Å². The molecule has 1 aromatic rings. The van der Waals surface area contributed by atoms with Gasteiger partial charge in [-0.3, -0.25) is 0 Å². The van der Waals surface area contributed by atoms with E-state index in [1.807, 2.05) is 0 Å². The molecule has 2 atom stereocenters. The van der Waals surface area contributed by atoms with E-state index in [1.54, 1.807) is 0 Å². The lowest BCUT2D eigenvalue weighted by molar-refractivity contribution is 0.481. The maximum absolute atomic E-state index is 13.1. The third-order valence-corrected chi connectivity index (χ3v) is 5.68. The van der Waals surface area contributed by atoms with E-state index in [4.69, 9.17) is 0 Å². The van der Waals surface area contributed by atoms with Crippen LogP contribution in [0.1, 0.15) is 19.3 Å². The fourth-order valence-corrected chi connectivity index (χ4v) is 4.41. The number of nitrogens with one attached hydrogen (secondary N) is 1. The van der Waals surface area contributed by atoms with Crippen LogP contribution in [-0.2, 0) is 10.0 Å². The number of hydrogen-bond acceptors (Lipinski definition) is 2. The van der Waals surface area contributed by atoms with E-state index in [0.717, 1.165) is 36.7 Å². The highest BCUT2D eigenvalue weighted by molar-refractivity contribution is 9.09.